The van der Waals surface area contributed by atoms with Gasteiger partial charge in [0.1, 0.15) is 5.69 Å². The number of carboxylic acids is 1. The molecule has 0 spiro atoms. The lowest BCUT2D eigenvalue weighted by Gasteiger charge is -2.21. The zero-order valence-electron chi connectivity index (χ0n) is 11.6. The molecule has 0 fully saturated rings. The molecule has 0 aliphatic rings. The van der Waals surface area contributed by atoms with Gasteiger partial charge in [0, 0.05) is 25.4 Å². The molecule has 1 heterocycles. The van der Waals surface area contributed by atoms with Crippen LogP contribution in [-0.4, -0.2) is 44.6 Å². The second-order valence-corrected chi connectivity index (χ2v) is 5.03. The van der Waals surface area contributed by atoms with Crippen LogP contribution < -0.4 is 5.32 Å². The third-order valence-electron chi connectivity index (χ3n) is 2.81. The summed E-state index contributed by atoms with van der Waals surface area (Å²) in [5.74, 6) is -1.79. The molecule has 1 aromatic rings. The second kappa shape index (κ2) is 5.87. The number of ketones is 1. The average Bonchev–Trinajstić information content (AvgIpc) is 2.67. The summed E-state index contributed by atoms with van der Waals surface area (Å²) in [5.41, 5.74) is -0.855. The van der Waals surface area contributed by atoms with Gasteiger partial charge in [-0.3, -0.25) is 14.4 Å². The highest BCUT2D eigenvalue weighted by Gasteiger charge is 2.25. The van der Waals surface area contributed by atoms with Crippen molar-refractivity contribution in [1.29, 1.82) is 0 Å². The topological polar surface area (TPSA) is 109 Å². The Bertz CT molecular complexity index is 545. The van der Waals surface area contributed by atoms with E-state index in [9.17, 15) is 19.5 Å². The second-order valence-electron chi connectivity index (χ2n) is 5.03. The highest BCUT2D eigenvalue weighted by atomic mass is 16.4. The number of nitrogens with zero attached hydrogens (tertiary/aromatic N) is 1. The van der Waals surface area contributed by atoms with E-state index in [1.807, 2.05) is 0 Å². The molecule has 1 atom stereocenters. The molecule has 110 valence electrons. The third kappa shape index (κ3) is 4.20. The van der Waals surface area contributed by atoms with Gasteiger partial charge in [-0.1, -0.05) is 0 Å². The number of rotatable bonds is 6. The fourth-order valence-corrected chi connectivity index (χ4v) is 1.73. The van der Waals surface area contributed by atoms with E-state index >= 15 is 0 Å². The number of aromatic nitrogens is 1. The van der Waals surface area contributed by atoms with Crippen molar-refractivity contribution in [2.45, 2.75) is 25.9 Å². The number of hydrogen-bond donors (Lipinski definition) is 3. The van der Waals surface area contributed by atoms with Gasteiger partial charge in [0.25, 0.3) is 5.91 Å². The number of amides is 1. The SMILES string of the molecule is CC(=O)c1cc(C(=O)NCC(C)(O)CC(=O)O)n(C)c1. The molecule has 0 radical (unpaired) electrons. The maximum Gasteiger partial charge on any atom is 0.306 e. The van der Waals surface area contributed by atoms with Crippen LogP contribution in [0.25, 0.3) is 0 Å². The largest absolute Gasteiger partial charge is 0.481 e. The summed E-state index contributed by atoms with van der Waals surface area (Å²) in [6.45, 7) is 2.53. The Morgan fingerprint density at radius 2 is 2.00 bits per heavy atom. The van der Waals surface area contributed by atoms with Crippen molar-refractivity contribution in [3.63, 3.8) is 0 Å². The predicted octanol–water partition coefficient (Wildman–Crippen LogP) is 0.183. The van der Waals surface area contributed by atoms with Crippen molar-refractivity contribution in [2.75, 3.05) is 6.54 Å². The van der Waals surface area contributed by atoms with Gasteiger partial charge in [0.05, 0.1) is 12.0 Å². The molecular weight excluding hydrogens is 264 g/mol. The van der Waals surface area contributed by atoms with E-state index in [1.54, 1.807) is 7.05 Å². The number of aliphatic hydroxyl groups is 1. The minimum absolute atomic E-state index is 0.155. The van der Waals surface area contributed by atoms with Gasteiger partial charge in [-0.15, -0.1) is 0 Å². The Morgan fingerprint density at radius 1 is 1.40 bits per heavy atom. The number of hydrogen-bond acceptors (Lipinski definition) is 4. The first-order chi connectivity index (χ1) is 9.12. The lowest BCUT2D eigenvalue weighted by Crippen LogP contribution is -2.42. The molecule has 0 bridgehead atoms. The first-order valence-corrected chi connectivity index (χ1v) is 6.02. The van der Waals surface area contributed by atoms with E-state index in [-0.39, 0.29) is 18.0 Å². The Morgan fingerprint density at radius 3 is 2.45 bits per heavy atom. The maximum atomic E-state index is 11.9. The van der Waals surface area contributed by atoms with E-state index in [2.05, 4.69) is 5.32 Å². The van der Waals surface area contributed by atoms with Gasteiger partial charge in [0.2, 0.25) is 0 Å². The zero-order valence-corrected chi connectivity index (χ0v) is 11.6. The van der Waals surface area contributed by atoms with Crippen LogP contribution in [0.5, 0.6) is 0 Å². The van der Waals surface area contributed by atoms with Gasteiger partial charge in [0.15, 0.2) is 5.78 Å². The Kier molecular flexibility index (Phi) is 4.67. The normalized spacial score (nSPS) is 13.6. The number of carbonyl (C=O) groups is 3. The zero-order chi connectivity index (χ0) is 15.5. The lowest BCUT2D eigenvalue weighted by molar-refractivity contribution is -0.141. The van der Waals surface area contributed by atoms with E-state index in [0.717, 1.165) is 0 Å². The molecule has 1 rings (SSSR count). The summed E-state index contributed by atoms with van der Waals surface area (Å²) in [6, 6.07) is 1.45. The Balaban J connectivity index is 2.72. The van der Waals surface area contributed by atoms with Gasteiger partial charge in [-0.25, -0.2) is 0 Å². The molecule has 0 saturated heterocycles. The number of aliphatic carboxylic acids is 1. The van der Waals surface area contributed by atoms with Crippen molar-refractivity contribution >= 4 is 17.7 Å². The number of carbonyl (C=O) groups excluding carboxylic acids is 2. The van der Waals surface area contributed by atoms with Gasteiger partial charge < -0.3 is 20.1 Å². The van der Waals surface area contributed by atoms with Crippen molar-refractivity contribution in [3.8, 4) is 0 Å². The predicted molar refractivity (Wildman–Crippen MR) is 70.6 cm³/mol. The third-order valence-corrected chi connectivity index (χ3v) is 2.81. The van der Waals surface area contributed by atoms with E-state index in [0.29, 0.717) is 5.56 Å². The highest BCUT2D eigenvalue weighted by molar-refractivity contribution is 5.99. The fourth-order valence-electron chi connectivity index (χ4n) is 1.73. The van der Waals surface area contributed by atoms with Crippen LogP contribution in [0.4, 0.5) is 0 Å². The van der Waals surface area contributed by atoms with E-state index in [1.165, 1.54) is 30.7 Å². The van der Waals surface area contributed by atoms with Crippen LogP contribution in [-0.2, 0) is 11.8 Å². The van der Waals surface area contributed by atoms with Crippen LogP contribution >= 0.6 is 0 Å². The highest BCUT2D eigenvalue weighted by Crippen LogP contribution is 2.10. The number of Topliss-reactive ketones (excluding diaryl/α,β-unsaturated/α-hetero) is 1. The molecule has 0 aliphatic carbocycles. The van der Waals surface area contributed by atoms with Crippen molar-refractivity contribution in [3.05, 3.63) is 23.5 Å². The quantitative estimate of drug-likeness (QED) is 0.645. The molecule has 0 aliphatic heterocycles. The molecule has 7 heteroatoms. The Labute approximate surface area is 116 Å². The number of aryl methyl sites for hydroxylation is 1. The minimum Gasteiger partial charge on any atom is -0.481 e. The molecular formula is C13H18N2O5. The van der Waals surface area contributed by atoms with Crippen LogP contribution in [0.3, 0.4) is 0 Å². The fraction of sp³-hybridized carbons (Fsp3) is 0.462. The summed E-state index contributed by atoms with van der Waals surface area (Å²) in [5, 5.41) is 20.9. The average molecular weight is 282 g/mol. The molecule has 1 amide bonds. The first-order valence-electron chi connectivity index (χ1n) is 6.02. The van der Waals surface area contributed by atoms with E-state index < -0.39 is 23.9 Å². The van der Waals surface area contributed by atoms with E-state index in [4.69, 9.17) is 5.11 Å². The molecule has 0 saturated carbocycles. The van der Waals surface area contributed by atoms with Crippen LogP contribution in [0.2, 0.25) is 0 Å². The molecule has 3 N–H and O–H groups in total. The maximum absolute atomic E-state index is 11.9. The van der Waals surface area contributed by atoms with Crippen molar-refractivity contribution in [1.82, 2.24) is 9.88 Å². The van der Waals surface area contributed by atoms with Gasteiger partial charge >= 0.3 is 5.97 Å². The number of nitrogens with one attached hydrogen (secondary N) is 1. The summed E-state index contributed by atoms with van der Waals surface area (Å²) < 4.78 is 1.50. The molecule has 20 heavy (non-hydrogen) atoms. The monoisotopic (exact) mass is 282 g/mol. The smallest absolute Gasteiger partial charge is 0.306 e. The summed E-state index contributed by atoms with van der Waals surface area (Å²) >= 11 is 0. The first kappa shape index (κ1) is 15.9. The molecule has 1 aromatic heterocycles. The summed E-state index contributed by atoms with van der Waals surface area (Å²) in [4.78, 5) is 33.7. The van der Waals surface area contributed by atoms with Crippen molar-refractivity contribution in [2.24, 2.45) is 7.05 Å². The minimum atomic E-state index is -1.53. The van der Waals surface area contributed by atoms with Crippen molar-refractivity contribution < 1.29 is 24.6 Å². The van der Waals surface area contributed by atoms with Crippen LogP contribution in [0, 0.1) is 0 Å². The molecule has 1 unspecified atom stereocenters. The standard InChI is InChI=1S/C13H18N2O5/c1-8(16)9-4-10(15(3)6-9)12(19)14-7-13(2,20)5-11(17)18/h4,6,20H,5,7H2,1-3H3,(H,14,19)(H,17,18). The van der Waals surface area contributed by atoms with Gasteiger partial charge in [-0.05, 0) is 19.9 Å². The Hall–Kier alpha value is -2.15. The van der Waals surface area contributed by atoms with Crippen LogP contribution in [0.15, 0.2) is 12.3 Å². The lowest BCUT2D eigenvalue weighted by atomic mass is 10.0. The van der Waals surface area contributed by atoms with Gasteiger partial charge in [-0.2, -0.15) is 0 Å². The molecule has 7 nitrogen and oxygen atoms in total. The molecule has 0 aromatic carbocycles. The summed E-state index contributed by atoms with van der Waals surface area (Å²) in [6.07, 6.45) is 1.06. The number of carboxylic acid groups (broad SMARTS) is 1. The van der Waals surface area contributed by atoms with Crippen LogP contribution in [0.1, 0.15) is 41.1 Å². The summed E-state index contributed by atoms with van der Waals surface area (Å²) in [7, 11) is 1.62.